The maximum absolute atomic E-state index is 14.5. The summed E-state index contributed by atoms with van der Waals surface area (Å²) in [4.78, 5) is 110. The van der Waals surface area contributed by atoms with Gasteiger partial charge in [-0.2, -0.15) is 0 Å². The molecular formula is C86H83F3N18O21. The van der Waals surface area contributed by atoms with Gasteiger partial charge in [0.1, 0.15) is 91.4 Å². The SMILES string of the molecule is CCNC(=O)Nc1ncnc2c1ncn2C1OC(COCc2c(F)cccc2C(=O)O)C2O[C@H](/C=C/c3ccccc3)OC21.CCNC(=O)Nc1ncnc2c1ncn2C1OC(COCc2c(F)cccc2C(=O)O)C2O[C@H](c3ccccc3)OC21.CCNC(=O)Nc1ncnc2c1ncn2C1OC(COCc2c(F)cccc2C(=O)O)C2O[C@H](c3ccccc3)OC21. The van der Waals surface area contributed by atoms with E-state index in [1.165, 1.54) is 92.6 Å². The standard InChI is InChI=1S/C30H29FN6O7.2C28H27FN6O7/c1-2-32-30(40)36-26-23-27(34-15-33-26)37(16-35-23)28-25-24(43-22(44-25)12-11-17-7-4-3-5-8-17)21(42-28)14-41-13-19-18(29(38)39)9-6-10-20(19)31;2*1-2-30-28(38)34-23-20-24(32-13-31-23)35(14-33-20)25-22-21(41-27(42-22)15-7-4-3-5-8-15)19(40-25)12-39-11-17-16(26(36)37)9-6-10-18(17)29/h3-12,15-16,21-22,24-25,28H,2,13-14H2,1H3,(H,38,39)(H2,32,33,34,36,40);2*3-10,13-14,19,21-22,25,27H,2,11-12H2,1H3,(H,36,37)(H2,30,31,32,34,38)/b12-11+;;/t21?,22-,24?,25?,28?;2*19?,21?,22?,25?,27-/m000/s1. The van der Waals surface area contributed by atoms with E-state index in [0.717, 1.165) is 16.7 Å². The fraction of sp³-hybridized carbons (Fsp3) is 0.314. The van der Waals surface area contributed by atoms with E-state index < -0.39 is 146 Å². The van der Waals surface area contributed by atoms with Crippen molar-refractivity contribution in [3.8, 4) is 0 Å². The molecule has 128 heavy (non-hydrogen) atoms. The summed E-state index contributed by atoms with van der Waals surface area (Å²) in [6.07, 6.45) is 2.19. The number of carboxylic acids is 3. The van der Waals surface area contributed by atoms with Gasteiger partial charge in [0.05, 0.1) is 75.3 Å². The predicted molar refractivity (Wildman–Crippen MR) is 442 cm³/mol. The molecule has 6 amide bonds. The van der Waals surface area contributed by atoms with E-state index in [-0.39, 0.29) is 90.5 Å². The number of carboxylic acid groups (broad SMARTS) is 3. The van der Waals surface area contributed by atoms with E-state index in [2.05, 4.69) is 76.8 Å². The Morgan fingerprint density at radius 2 is 0.695 bits per heavy atom. The van der Waals surface area contributed by atoms with Gasteiger partial charge in [0.15, 0.2) is 88.5 Å². The van der Waals surface area contributed by atoms with Crippen molar-refractivity contribution < 1.29 is 114 Å². The molecule has 12 aromatic rings. The Labute approximate surface area is 724 Å². The van der Waals surface area contributed by atoms with Crippen LogP contribution in [0.2, 0.25) is 0 Å². The quantitative estimate of drug-likeness (QED) is 0.0220. The molecule has 6 aliphatic rings. The van der Waals surface area contributed by atoms with Gasteiger partial charge in [-0.3, -0.25) is 29.7 Å². The van der Waals surface area contributed by atoms with E-state index >= 15 is 0 Å². The van der Waals surface area contributed by atoms with Crippen LogP contribution < -0.4 is 31.9 Å². The van der Waals surface area contributed by atoms with Crippen LogP contribution in [-0.2, 0) is 76.7 Å². The summed E-state index contributed by atoms with van der Waals surface area (Å²) in [6, 6.07) is 38.7. The van der Waals surface area contributed by atoms with Gasteiger partial charge in [0, 0.05) is 47.5 Å². The van der Waals surface area contributed by atoms with Crippen LogP contribution in [0.4, 0.5) is 45.0 Å². The molecule has 12 unspecified atom stereocenters. The highest BCUT2D eigenvalue weighted by Gasteiger charge is 2.57. The summed E-state index contributed by atoms with van der Waals surface area (Å²) < 4.78 is 123. The van der Waals surface area contributed by atoms with Crippen molar-refractivity contribution in [3.05, 3.63) is 257 Å². The number of imidazole rings is 3. The number of nitrogens with zero attached hydrogens (tertiary/aromatic N) is 12. The molecule has 15 atom stereocenters. The average Bonchev–Trinajstić information content (AvgIpc) is 1.60. The molecule has 664 valence electrons. The Morgan fingerprint density at radius 3 is 1.03 bits per heavy atom. The molecule has 0 bridgehead atoms. The number of nitrogens with one attached hydrogen (secondary N) is 6. The van der Waals surface area contributed by atoms with Gasteiger partial charge in [-0.15, -0.1) is 0 Å². The number of benzene rings is 6. The number of aromatic carboxylic acids is 3. The number of anilines is 3. The molecule has 0 aliphatic carbocycles. The molecule has 6 aliphatic heterocycles. The molecule has 39 nitrogen and oxygen atoms in total. The van der Waals surface area contributed by atoms with Crippen LogP contribution in [0.5, 0.6) is 0 Å². The lowest BCUT2D eigenvalue weighted by Gasteiger charge is -2.21. The summed E-state index contributed by atoms with van der Waals surface area (Å²) in [5, 5.41) is 44.3. The maximum atomic E-state index is 14.5. The monoisotopic (exact) mass is 1760 g/mol. The lowest BCUT2D eigenvalue weighted by atomic mass is 10.1. The van der Waals surface area contributed by atoms with Gasteiger partial charge in [-0.25, -0.2) is 86.8 Å². The Balaban J connectivity index is 0.000000141. The molecule has 42 heteroatoms. The van der Waals surface area contributed by atoms with Gasteiger partial charge >= 0.3 is 36.0 Å². The van der Waals surface area contributed by atoms with Crippen molar-refractivity contribution in [1.82, 2.24) is 74.5 Å². The van der Waals surface area contributed by atoms with Gasteiger partial charge in [-0.05, 0) is 68.8 Å². The molecule has 12 heterocycles. The molecule has 6 aromatic heterocycles. The molecule has 9 N–H and O–H groups in total. The van der Waals surface area contributed by atoms with Crippen LogP contribution in [-0.4, -0.2) is 211 Å². The van der Waals surface area contributed by atoms with Crippen molar-refractivity contribution in [1.29, 1.82) is 0 Å². The lowest BCUT2D eigenvalue weighted by Crippen LogP contribution is -2.32. The maximum Gasteiger partial charge on any atom is 0.336 e. The van der Waals surface area contributed by atoms with Crippen molar-refractivity contribution >= 4 is 93.0 Å². The van der Waals surface area contributed by atoms with Crippen LogP contribution in [0, 0.1) is 17.5 Å². The smallest absolute Gasteiger partial charge is 0.336 e. The first kappa shape index (κ1) is 87.7. The number of halogens is 3. The predicted octanol–water partition coefficient (Wildman–Crippen LogP) is 10.5. The fourth-order valence-electron chi connectivity index (χ4n) is 15.4. The zero-order valence-corrected chi connectivity index (χ0v) is 68.2. The van der Waals surface area contributed by atoms with Crippen LogP contribution >= 0.6 is 0 Å². The third-order valence-electron chi connectivity index (χ3n) is 21.2. The zero-order chi connectivity index (χ0) is 89.1. The Kier molecular flexibility index (Phi) is 27.3. The first-order chi connectivity index (χ1) is 62.3. The molecule has 0 saturated carbocycles. The van der Waals surface area contributed by atoms with Crippen molar-refractivity contribution in [3.63, 3.8) is 0 Å². The molecule has 0 radical (unpaired) electrons. The van der Waals surface area contributed by atoms with E-state index in [1.807, 2.05) is 97.1 Å². The second-order valence-electron chi connectivity index (χ2n) is 29.3. The number of carbonyl (C=O) groups excluding carboxylic acids is 3. The minimum Gasteiger partial charge on any atom is -0.478 e. The van der Waals surface area contributed by atoms with Gasteiger partial charge in [-0.1, -0.05) is 115 Å². The number of aromatic nitrogens is 12. The summed E-state index contributed by atoms with van der Waals surface area (Å²) in [6.45, 7) is 5.72. The number of fused-ring (bicyclic) bond motifs is 6. The molecule has 6 fully saturated rings. The van der Waals surface area contributed by atoms with Crippen LogP contribution in [0.1, 0.15) is 116 Å². The molecule has 0 spiro atoms. The van der Waals surface area contributed by atoms with Crippen LogP contribution in [0.3, 0.4) is 0 Å². The normalized spacial score (nSPS) is 23.0. The van der Waals surface area contributed by atoms with Gasteiger partial charge in [0.25, 0.3) is 0 Å². The Morgan fingerprint density at radius 1 is 0.383 bits per heavy atom. The third kappa shape index (κ3) is 19.2. The molecule has 6 saturated heterocycles. The highest BCUT2D eigenvalue weighted by atomic mass is 19.1. The minimum absolute atomic E-state index is 0.0401. The van der Waals surface area contributed by atoms with Gasteiger partial charge < -0.3 is 88.1 Å². The first-order valence-corrected chi connectivity index (χ1v) is 40.5. The van der Waals surface area contributed by atoms with E-state index in [9.17, 15) is 57.3 Å². The van der Waals surface area contributed by atoms with Crippen LogP contribution in [0.15, 0.2) is 190 Å². The molecule has 18 rings (SSSR count). The lowest BCUT2D eigenvalue weighted by molar-refractivity contribution is -0.158. The van der Waals surface area contributed by atoms with Crippen LogP contribution in [0.25, 0.3) is 39.6 Å². The summed E-state index contributed by atoms with van der Waals surface area (Å²) in [7, 11) is 0. The largest absolute Gasteiger partial charge is 0.478 e. The Bertz CT molecular complexity index is 5790. The highest BCUT2D eigenvalue weighted by molar-refractivity contribution is 5.98. The second-order valence-corrected chi connectivity index (χ2v) is 29.3. The molecular weight excluding hydrogens is 1680 g/mol. The third-order valence-corrected chi connectivity index (χ3v) is 21.2. The highest BCUT2D eigenvalue weighted by Crippen LogP contribution is 2.48. The molecule has 6 aromatic carbocycles. The number of carbonyl (C=O) groups is 6. The van der Waals surface area contributed by atoms with Gasteiger partial charge in [0.2, 0.25) is 0 Å². The van der Waals surface area contributed by atoms with E-state index in [0.29, 0.717) is 53.1 Å². The zero-order valence-electron chi connectivity index (χ0n) is 68.2. The number of urea groups is 3. The van der Waals surface area contributed by atoms with E-state index in [4.69, 9.17) is 56.8 Å². The number of rotatable bonds is 28. The summed E-state index contributed by atoms with van der Waals surface area (Å²) in [5.74, 6) is -5.11. The van der Waals surface area contributed by atoms with E-state index in [1.54, 1.807) is 40.5 Å². The van der Waals surface area contributed by atoms with Crippen molar-refractivity contribution in [2.24, 2.45) is 0 Å². The number of amides is 6. The first-order valence-electron chi connectivity index (χ1n) is 40.5. The summed E-state index contributed by atoms with van der Waals surface area (Å²) >= 11 is 0. The summed E-state index contributed by atoms with van der Waals surface area (Å²) in [5.41, 5.74) is 4.09. The number of hydrogen-bond donors (Lipinski definition) is 9. The van der Waals surface area contributed by atoms with Crippen molar-refractivity contribution in [2.45, 2.75) is 133 Å². The van der Waals surface area contributed by atoms with Crippen molar-refractivity contribution in [2.75, 3.05) is 55.4 Å². The number of ether oxygens (including phenoxy) is 12. The second kappa shape index (κ2) is 39.8. The Hall–Kier alpha value is -13.8. The number of hydrogen-bond acceptors (Lipinski definition) is 27. The topological polar surface area (TPSA) is 477 Å². The fourth-order valence-corrected chi connectivity index (χ4v) is 15.4. The minimum atomic E-state index is -1.25. The average molecular weight is 1760 g/mol.